The summed E-state index contributed by atoms with van der Waals surface area (Å²) in [6.45, 7) is 12.2. The van der Waals surface area contributed by atoms with E-state index in [9.17, 15) is 0 Å². The van der Waals surface area contributed by atoms with E-state index in [1.807, 2.05) is 0 Å². The fraction of sp³-hybridized carbons (Fsp3) is 0.684. The highest BCUT2D eigenvalue weighted by Gasteiger charge is 2.22. The molecule has 0 fully saturated rings. The molecule has 0 radical (unpaired) electrons. The molecule has 1 aromatic heterocycles. The van der Waals surface area contributed by atoms with Crippen molar-refractivity contribution < 1.29 is 0 Å². The van der Waals surface area contributed by atoms with Crippen molar-refractivity contribution in [2.24, 2.45) is 27.7 Å². The molecule has 1 aliphatic rings. The highest BCUT2D eigenvalue weighted by Crippen LogP contribution is 2.23. The second kappa shape index (κ2) is 8.09. The summed E-state index contributed by atoms with van der Waals surface area (Å²) in [6, 6.07) is 2.56. The van der Waals surface area contributed by atoms with Crippen molar-refractivity contribution in [1.82, 2.24) is 4.90 Å². The molecule has 0 aliphatic carbocycles. The highest BCUT2D eigenvalue weighted by molar-refractivity contribution is 7.07. The van der Waals surface area contributed by atoms with Gasteiger partial charge in [-0.05, 0) is 47.6 Å². The van der Waals surface area contributed by atoms with E-state index < -0.39 is 0 Å². The topological polar surface area (TPSA) is 28.0 Å². The maximum absolute atomic E-state index is 5.02. The lowest BCUT2D eigenvalue weighted by atomic mass is 9.93. The van der Waals surface area contributed by atoms with E-state index in [0.29, 0.717) is 23.8 Å². The minimum Gasteiger partial charge on any atom is -0.359 e. The summed E-state index contributed by atoms with van der Waals surface area (Å²) in [4.78, 5) is 12.3. The minimum absolute atomic E-state index is 0.360. The van der Waals surface area contributed by atoms with Crippen LogP contribution in [0.2, 0.25) is 0 Å². The zero-order valence-corrected chi connectivity index (χ0v) is 16.2. The van der Waals surface area contributed by atoms with E-state index in [0.717, 1.165) is 25.2 Å². The molecular formula is C19H31N3S. The predicted molar refractivity (Wildman–Crippen MR) is 103 cm³/mol. The maximum atomic E-state index is 5.02. The summed E-state index contributed by atoms with van der Waals surface area (Å²) >= 11 is 1.76. The third kappa shape index (κ3) is 4.90. The van der Waals surface area contributed by atoms with Crippen LogP contribution >= 0.6 is 11.3 Å². The lowest BCUT2D eigenvalue weighted by molar-refractivity contribution is 0.425. The van der Waals surface area contributed by atoms with Gasteiger partial charge >= 0.3 is 0 Å². The molecule has 0 saturated heterocycles. The van der Waals surface area contributed by atoms with Gasteiger partial charge in [0.05, 0.1) is 6.04 Å². The Balaban J connectivity index is 2.26. The van der Waals surface area contributed by atoms with Crippen molar-refractivity contribution in [2.45, 2.75) is 60.0 Å². The van der Waals surface area contributed by atoms with Crippen molar-refractivity contribution in [2.75, 3.05) is 7.05 Å². The summed E-state index contributed by atoms with van der Waals surface area (Å²) in [6.07, 6.45) is 2.19. The molecule has 3 atom stereocenters. The van der Waals surface area contributed by atoms with Crippen LogP contribution in [0.4, 0.5) is 0 Å². The summed E-state index contributed by atoms with van der Waals surface area (Å²) < 4.78 is 0. The molecule has 23 heavy (non-hydrogen) atoms. The summed E-state index contributed by atoms with van der Waals surface area (Å²) in [7, 11) is 2.16. The quantitative estimate of drug-likeness (QED) is 0.754. The first-order valence-electron chi connectivity index (χ1n) is 8.76. The van der Waals surface area contributed by atoms with Crippen molar-refractivity contribution in [3.63, 3.8) is 0 Å². The standard InChI is InChI=1S/C19H31N3S/c1-13(2)15(4)19-20-16(5)14(3)7-8-18(21-19)22(6)11-17-9-10-23-12-17/h9-10,12-16H,7-8,11H2,1-6H3. The highest BCUT2D eigenvalue weighted by atomic mass is 32.1. The van der Waals surface area contributed by atoms with E-state index in [2.05, 4.69) is 63.4 Å². The Morgan fingerprint density at radius 3 is 2.65 bits per heavy atom. The summed E-state index contributed by atoms with van der Waals surface area (Å²) in [5.74, 6) is 3.77. The second-order valence-corrected chi connectivity index (χ2v) is 8.07. The Kier molecular flexibility index (Phi) is 6.40. The Morgan fingerprint density at radius 1 is 1.30 bits per heavy atom. The van der Waals surface area contributed by atoms with Crippen molar-refractivity contribution >= 4 is 23.0 Å². The largest absolute Gasteiger partial charge is 0.359 e. The molecule has 2 rings (SSSR count). The van der Waals surface area contributed by atoms with Crippen LogP contribution in [-0.4, -0.2) is 29.7 Å². The first-order valence-corrected chi connectivity index (χ1v) is 9.70. The van der Waals surface area contributed by atoms with Gasteiger partial charge in [0.2, 0.25) is 0 Å². The van der Waals surface area contributed by atoms with E-state index in [1.54, 1.807) is 11.3 Å². The molecule has 3 nitrogen and oxygen atoms in total. The predicted octanol–water partition coefficient (Wildman–Crippen LogP) is 5.09. The van der Waals surface area contributed by atoms with Crippen molar-refractivity contribution in [3.05, 3.63) is 22.4 Å². The molecule has 0 N–H and O–H groups in total. The smallest absolute Gasteiger partial charge is 0.128 e. The third-order valence-corrected chi connectivity index (χ3v) is 5.81. The van der Waals surface area contributed by atoms with Gasteiger partial charge in [0, 0.05) is 25.9 Å². The lowest BCUT2D eigenvalue weighted by Gasteiger charge is -2.28. The Morgan fingerprint density at radius 2 is 2.04 bits per heavy atom. The number of amidine groups is 2. The van der Waals surface area contributed by atoms with Crippen LogP contribution in [0.15, 0.2) is 26.8 Å². The number of thiophene rings is 1. The molecule has 0 aromatic carbocycles. The fourth-order valence-corrected chi connectivity index (χ4v) is 3.35. The van der Waals surface area contributed by atoms with Crippen LogP contribution in [0.3, 0.4) is 0 Å². The van der Waals surface area contributed by atoms with E-state index in [-0.39, 0.29) is 0 Å². The van der Waals surface area contributed by atoms with E-state index in [4.69, 9.17) is 9.98 Å². The zero-order chi connectivity index (χ0) is 17.0. The van der Waals surface area contributed by atoms with Gasteiger partial charge in [0.25, 0.3) is 0 Å². The van der Waals surface area contributed by atoms with Gasteiger partial charge in [-0.3, -0.25) is 4.99 Å². The fourth-order valence-electron chi connectivity index (χ4n) is 2.69. The van der Waals surface area contributed by atoms with Gasteiger partial charge in [-0.15, -0.1) is 0 Å². The van der Waals surface area contributed by atoms with E-state index in [1.165, 1.54) is 11.4 Å². The van der Waals surface area contributed by atoms with Gasteiger partial charge < -0.3 is 4.90 Å². The number of rotatable bonds is 4. The van der Waals surface area contributed by atoms with Crippen LogP contribution in [0.1, 0.15) is 53.0 Å². The van der Waals surface area contributed by atoms with Gasteiger partial charge in [0.15, 0.2) is 0 Å². The Hall–Kier alpha value is -1.16. The van der Waals surface area contributed by atoms with Crippen LogP contribution in [0.25, 0.3) is 0 Å². The average molecular weight is 334 g/mol. The molecule has 1 aromatic rings. The molecule has 1 aliphatic heterocycles. The van der Waals surface area contributed by atoms with Crippen LogP contribution < -0.4 is 0 Å². The minimum atomic E-state index is 0.360. The number of aliphatic imine (C=N–C) groups is 2. The van der Waals surface area contributed by atoms with Crippen LogP contribution in [0, 0.1) is 17.8 Å². The zero-order valence-electron chi connectivity index (χ0n) is 15.4. The van der Waals surface area contributed by atoms with E-state index >= 15 is 0 Å². The molecule has 0 spiro atoms. The summed E-state index contributed by atoms with van der Waals surface area (Å²) in [5.41, 5.74) is 1.36. The molecule has 0 bridgehead atoms. The number of nitrogens with zero attached hydrogens (tertiary/aromatic N) is 3. The first kappa shape index (κ1) is 18.2. The van der Waals surface area contributed by atoms with Crippen molar-refractivity contribution in [1.29, 1.82) is 0 Å². The third-order valence-electron chi connectivity index (χ3n) is 5.07. The van der Waals surface area contributed by atoms with Gasteiger partial charge in [-0.1, -0.05) is 27.7 Å². The molecule has 0 saturated carbocycles. The van der Waals surface area contributed by atoms with Gasteiger partial charge in [0.1, 0.15) is 11.7 Å². The molecule has 3 unspecified atom stereocenters. The monoisotopic (exact) mass is 333 g/mol. The van der Waals surface area contributed by atoms with Crippen LogP contribution in [-0.2, 0) is 6.54 Å². The van der Waals surface area contributed by atoms with Crippen LogP contribution in [0.5, 0.6) is 0 Å². The number of hydrogen-bond donors (Lipinski definition) is 0. The maximum Gasteiger partial charge on any atom is 0.128 e. The molecule has 4 heteroatoms. The van der Waals surface area contributed by atoms with Gasteiger partial charge in [-0.2, -0.15) is 11.3 Å². The van der Waals surface area contributed by atoms with Crippen molar-refractivity contribution in [3.8, 4) is 0 Å². The molecule has 0 amide bonds. The lowest BCUT2D eigenvalue weighted by Crippen LogP contribution is -2.32. The first-order chi connectivity index (χ1) is 10.9. The Bertz CT molecular complexity index is 545. The molecular weight excluding hydrogens is 302 g/mol. The average Bonchev–Trinajstić information content (AvgIpc) is 2.99. The second-order valence-electron chi connectivity index (χ2n) is 7.29. The normalized spacial score (nSPS) is 23.8. The SMILES string of the molecule is CC(C)C(C)C1=NC(C)C(C)CCC(N(C)Cc2ccsc2)=N1. The van der Waals surface area contributed by atoms with Gasteiger partial charge in [-0.25, -0.2) is 4.99 Å². The number of hydrogen-bond acceptors (Lipinski definition) is 4. The Labute approximate surface area is 145 Å². The molecule has 2 heterocycles. The molecule has 128 valence electrons. The summed E-state index contributed by atoms with van der Waals surface area (Å²) in [5, 5.41) is 4.36.